The summed E-state index contributed by atoms with van der Waals surface area (Å²) in [7, 11) is 3.22. The van der Waals surface area contributed by atoms with Crippen LogP contribution < -0.4 is 20.1 Å². The number of carbonyl (C=O) groups excluding carboxylic acids is 1. The third kappa shape index (κ3) is 5.48. The molecule has 29 heavy (non-hydrogen) atoms. The summed E-state index contributed by atoms with van der Waals surface area (Å²) in [6.45, 7) is 3.11. The van der Waals surface area contributed by atoms with Gasteiger partial charge in [-0.3, -0.25) is 4.79 Å². The Balaban J connectivity index is 1.54. The lowest BCUT2D eigenvalue weighted by molar-refractivity contribution is 0.0946. The lowest BCUT2D eigenvalue weighted by Crippen LogP contribution is -2.23. The van der Waals surface area contributed by atoms with Gasteiger partial charge < -0.3 is 20.1 Å². The highest BCUT2D eigenvalue weighted by Crippen LogP contribution is 2.27. The number of aromatic nitrogens is 1. The summed E-state index contributed by atoms with van der Waals surface area (Å²) in [5.41, 5.74) is 4.50. The predicted molar refractivity (Wildman–Crippen MR) is 113 cm³/mol. The molecule has 0 aliphatic carbocycles. The molecule has 2 aromatic carbocycles. The largest absolute Gasteiger partial charge is 0.493 e. The number of ether oxygens (including phenoxy) is 2. The maximum atomic E-state index is 12.3. The number of benzene rings is 2. The Morgan fingerprint density at radius 2 is 1.62 bits per heavy atom. The van der Waals surface area contributed by atoms with Crippen LogP contribution in [0.4, 0.5) is 5.69 Å². The molecule has 3 rings (SSSR count). The minimum atomic E-state index is -0.197. The number of methoxy groups -OCH3 is 2. The van der Waals surface area contributed by atoms with Gasteiger partial charge in [0, 0.05) is 13.1 Å². The lowest BCUT2D eigenvalue weighted by atomic mass is 10.1. The fourth-order valence-electron chi connectivity index (χ4n) is 2.81. The van der Waals surface area contributed by atoms with Gasteiger partial charge in [-0.05, 0) is 42.3 Å². The van der Waals surface area contributed by atoms with Gasteiger partial charge in [0.15, 0.2) is 11.5 Å². The van der Waals surface area contributed by atoms with Gasteiger partial charge in [0.25, 0.3) is 5.91 Å². The van der Waals surface area contributed by atoms with E-state index < -0.39 is 0 Å². The zero-order valence-electron chi connectivity index (χ0n) is 16.9. The fraction of sp³-hybridized carbons (Fsp3) is 0.217. The van der Waals surface area contributed by atoms with Gasteiger partial charge in [0.2, 0.25) is 0 Å². The van der Waals surface area contributed by atoms with Crippen molar-refractivity contribution in [2.45, 2.75) is 20.0 Å². The first-order chi connectivity index (χ1) is 14.1. The van der Waals surface area contributed by atoms with E-state index >= 15 is 0 Å². The standard InChI is InChI=1S/C23H25N3O3/c1-16-4-6-17(7-5-16)13-26-23(27)20-10-9-19(15-25-20)24-14-18-8-11-21(28-2)22(12-18)29-3/h4-12,15,24H,13-14H2,1-3H3,(H,26,27). The molecule has 0 bridgehead atoms. The van der Waals surface area contributed by atoms with E-state index in [9.17, 15) is 4.79 Å². The van der Waals surface area contributed by atoms with Crippen LogP contribution in [-0.2, 0) is 13.1 Å². The van der Waals surface area contributed by atoms with Crippen molar-refractivity contribution in [2.24, 2.45) is 0 Å². The number of anilines is 1. The molecule has 2 N–H and O–H groups in total. The zero-order valence-corrected chi connectivity index (χ0v) is 16.9. The van der Waals surface area contributed by atoms with E-state index in [1.807, 2.05) is 55.5 Å². The van der Waals surface area contributed by atoms with Crippen molar-refractivity contribution in [3.05, 3.63) is 83.2 Å². The van der Waals surface area contributed by atoms with Gasteiger partial charge >= 0.3 is 0 Å². The number of rotatable bonds is 8. The van der Waals surface area contributed by atoms with Gasteiger partial charge in [0.05, 0.1) is 26.1 Å². The topological polar surface area (TPSA) is 72.5 Å². The smallest absolute Gasteiger partial charge is 0.270 e. The number of aryl methyl sites for hydroxylation is 1. The number of hydrogen-bond acceptors (Lipinski definition) is 5. The molecule has 0 unspecified atom stereocenters. The van der Waals surface area contributed by atoms with Crippen LogP contribution in [0.25, 0.3) is 0 Å². The van der Waals surface area contributed by atoms with Crippen molar-refractivity contribution >= 4 is 11.6 Å². The van der Waals surface area contributed by atoms with Crippen LogP contribution in [0.3, 0.4) is 0 Å². The summed E-state index contributed by atoms with van der Waals surface area (Å²) in [5, 5.41) is 6.18. The average molecular weight is 391 g/mol. The molecule has 1 amide bonds. The van der Waals surface area contributed by atoms with Crippen molar-refractivity contribution in [1.82, 2.24) is 10.3 Å². The molecule has 1 aromatic heterocycles. The van der Waals surface area contributed by atoms with Crippen molar-refractivity contribution in [1.29, 1.82) is 0 Å². The maximum absolute atomic E-state index is 12.3. The molecule has 0 saturated heterocycles. The van der Waals surface area contributed by atoms with E-state index in [2.05, 4.69) is 15.6 Å². The summed E-state index contributed by atoms with van der Waals surface area (Å²) in [5.74, 6) is 1.18. The Labute approximate surface area is 170 Å². The van der Waals surface area contributed by atoms with Crippen LogP contribution in [0.2, 0.25) is 0 Å². The zero-order chi connectivity index (χ0) is 20.6. The van der Waals surface area contributed by atoms with Gasteiger partial charge in [-0.2, -0.15) is 0 Å². The SMILES string of the molecule is COc1ccc(CNc2ccc(C(=O)NCc3ccc(C)cc3)nc2)cc1OC. The normalized spacial score (nSPS) is 10.3. The first-order valence-electron chi connectivity index (χ1n) is 9.33. The van der Waals surface area contributed by atoms with Gasteiger partial charge in [-0.15, -0.1) is 0 Å². The molecule has 6 heteroatoms. The molecule has 0 aliphatic heterocycles. The Kier molecular flexibility index (Phi) is 6.68. The first-order valence-corrected chi connectivity index (χ1v) is 9.33. The van der Waals surface area contributed by atoms with Crippen LogP contribution in [0.15, 0.2) is 60.8 Å². The molecule has 0 fully saturated rings. The third-order valence-electron chi connectivity index (χ3n) is 4.51. The summed E-state index contributed by atoms with van der Waals surface area (Å²) in [6, 6.07) is 17.4. The summed E-state index contributed by atoms with van der Waals surface area (Å²) in [4.78, 5) is 16.5. The minimum absolute atomic E-state index is 0.197. The minimum Gasteiger partial charge on any atom is -0.493 e. The monoisotopic (exact) mass is 391 g/mol. The lowest BCUT2D eigenvalue weighted by Gasteiger charge is -2.11. The quantitative estimate of drug-likeness (QED) is 0.608. The van der Waals surface area contributed by atoms with E-state index in [4.69, 9.17) is 9.47 Å². The Hall–Kier alpha value is -3.54. The second-order valence-corrected chi connectivity index (χ2v) is 6.64. The molecule has 6 nitrogen and oxygen atoms in total. The average Bonchev–Trinajstić information content (AvgIpc) is 2.77. The third-order valence-corrected chi connectivity index (χ3v) is 4.51. The first kappa shape index (κ1) is 20.2. The fourth-order valence-corrected chi connectivity index (χ4v) is 2.81. The second kappa shape index (κ2) is 9.59. The van der Waals surface area contributed by atoms with Gasteiger partial charge in [0.1, 0.15) is 5.69 Å². The molecular formula is C23H25N3O3. The van der Waals surface area contributed by atoms with Crippen molar-refractivity contribution in [3.8, 4) is 11.5 Å². The molecule has 0 aliphatic rings. The van der Waals surface area contributed by atoms with Crippen molar-refractivity contribution in [2.75, 3.05) is 19.5 Å². The Bertz CT molecular complexity index is 954. The van der Waals surface area contributed by atoms with Crippen LogP contribution in [-0.4, -0.2) is 25.1 Å². The number of pyridine rings is 1. The number of carbonyl (C=O) groups is 1. The number of amides is 1. The highest BCUT2D eigenvalue weighted by atomic mass is 16.5. The second-order valence-electron chi connectivity index (χ2n) is 6.64. The maximum Gasteiger partial charge on any atom is 0.270 e. The molecular weight excluding hydrogens is 366 g/mol. The van der Waals surface area contributed by atoms with Crippen molar-refractivity contribution < 1.29 is 14.3 Å². The van der Waals surface area contributed by atoms with E-state index in [0.29, 0.717) is 30.3 Å². The molecule has 0 radical (unpaired) electrons. The Morgan fingerprint density at radius 3 is 2.28 bits per heavy atom. The van der Waals surface area contributed by atoms with Crippen LogP contribution in [0, 0.1) is 6.92 Å². The molecule has 150 valence electrons. The number of hydrogen-bond donors (Lipinski definition) is 2. The summed E-state index contributed by atoms with van der Waals surface area (Å²) in [6.07, 6.45) is 1.65. The molecule has 3 aromatic rings. The predicted octanol–water partition coefficient (Wildman–Crippen LogP) is 3.95. The van der Waals surface area contributed by atoms with E-state index in [-0.39, 0.29) is 5.91 Å². The molecule has 0 saturated carbocycles. The summed E-state index contributed by atoms with van der Waals surface area (Å²) >= 11 is 0. The molecule has 0 spiro atoms. The van der Waals surface area contributed by atoms with Crippen molar-refractivity contribution in [3.63, 3.8) is 0 Å². The van der Waals surface area contributed by atoms with Gasteiger partial charge in [-0.25, -0.2) is 4.98 Å². The van der Waals surface area contributed by atoms with E-state index in [0.717, 1.165) is 16.8 Å². The Morgan fingerprint density at radius 1 is 0.897 bits per heavy atom. The van der Waals surface area contributed by atoms with Crippen LogP contribution in [0.5, 0.6) is 11.5 Å². The number of nitrogens with zero attached hydrogens (tertiary/aromatic N) is 1. The highest BCUT2D eigenvalue weighted by Gasteiger charge is 2.08. The highest BCUT2D eigenvalue weighted by molar-refractivity contribution is 5.92. The van der Waals surface area contributed by atoms with Crippen LogP contribution in [0.1, 0.15) is 27.2 Å². The van der Waals surface area contributed by atoms with E-state index in [1.54, 1.807) is 26.5 Å². The summed E-state index contributed by atoms with van der Waals surface area (Å²) < 4.78 is 10.6. The number of nitrogens with one attached hydrogen (secondary N) is 2. The van der Waals surface area contributed by atoms with E-state index in [1.165, 1.54) is 5.56 Å². The molecule has 1 heterocycles. The molecule has 0 atom stereocenters. The van der Waals surface area contributed by atoms with Crippen LogP contribution >= 0.6 is 0 Å². The van der Waals surface area contributed by atoms with Gasteiger partial charge in [-0.1, -0.05) is 35.9 Å².